The minimum atomic E-state index is 0.790. The maximum atomic E-state index is 5.74. The molecule has 1 nitrogen and oxygen atoms in total. The summed E-state index contributed by atoms with van der Waals surface area (Å²) < 4.78 is 5.74. The zero-order valence-corrected chi connectivity index (χ0v) is 16.6. The van der Waals surface area contributed by atoms with Gasteiger partial charge in [0.25, 0.3) is 0 Å². The minimum Gasteiger partial charge on any atom is -0.494 e. The molecule has 2 aromatic rings. The molecule has 27 heavy (non-hydrogen) atoms. The Morgan fingerprint density at radius 2 is 1.63 bits per heavy atom. The van der Waals surface area contributed by atoms with Crippen LogP contribution in [-0.2, 0) is 0 Å². The monoisotopic (exact) mass is 358 g/mol. The molecule has 1 heteroatoms. The molecule has 140 valence electrons. The van der Waals surface area contributed by atoms with Crippen molar-refractivity contribution in [2.75, 3.05) is 6.61 Å². The molecule has 3 rings (SSSR count). The summed E-state index contributed by atoms with van der Waals surface area (Å²) in [5, 5.41) is 0. The van der Waals surface area contributed by atoms with Crippen LogP contribution >= 0.6 is 0 Å². The van der Waals surface area contributed by atoms with E-state index in [1.807, 2.05) is 0 Å². The van der Waals surface area contributed by atoms with Gasteiger partial charge in [0.15, 0.2) is 0 Å². The Bertz CT molecular complexity index is 800. The average molecular weight is 359 g/mol. The summed E-state index contributed by atoms with van der Waals surface area (Å²) in [5.41, 5.74) is 4.81. The molecule has 0 amide bonds. The highest BCUT2D eigenvalue weighted by Gasteiger charge is 2.10. The number of unbranched alkanes of at least 4 members (excludes halogenated alkanes) is 1. The fourth-order valence-corrected chi connectivity index (χ4v) is 3.35. The lowest BCUT2D eigenvalue weighted by molar-refractivity contribution is 0.309. The van der Waals surface area contributed by atoms with E-state index in [-0.39, 0.29) is 0 Å². The second-order valence-corrected chi connectivity index (χ2v) is 7.33. The molecule has 0 saturated carbocycles. The van der Waals surface area contributed by atoms with Crippen molar-refractivity contribution in [3.8, 4) is 28.7 Å². The van der Waals surface area contributed by atoms with Crippen LogP contribution in [-0.4, -0.2) is 6.61 Å². The summed E-state index contributed by atoms with van der Waals surface area (Å²) >= 11 is 0. The van der Waals surface area contributed by atoms with Gasteiger partial charge in [-0.25, -0.2) is 0 Å². The summed E-state index contributed by atoms with van der Waals surface area (Å²) in [5.74, 6) is 8.50. The molecular weight excluding hydrogens is 328 g/mol. The number of ether oxygens (including phenoxy) is 1. The summed E-state index contributed by atoms with van der Waals surface area (Å²) in [6.45, 7) is 5.25. The molecular formula is C26H30O. The van der Waals surface area contributed by atoms with E-state index in [9.17, 15) is 0 Å². The maximum absolute atomic E-state index is 5.74. The van der Waals surface area contributed by atoms with Crippen molar-refractivity contribution in [1.82, 2.24) is 0 Å². The first-order chi connectivity index (χ1) is 13.3. The van der Waals surface area contributed by atoms with Gasteiger partial charge in [-0.3, -0.25) is 0 Å². The summed E-state index contributed by atoms with van der Waals surface area (Å²) in [4.78, 5) is 0. The third-order valence-electron chi connectivity index (χ3n) is 5.30. The molecule has 0 spiro atoms. The van der Waals surface area contributed by atoms with E-state index in [2.05, 4.69) is 80.3 Å². The highest BCUT2D eigenvalue weighted by atomic mass is 16.5. The van der Waals surface area contributed by atoms with Crippen LogP contribution < -0.4 is 4.74 Å². The van der Waals surface area contributed by atoms with Crippen molar-refractivity contribution in [2.45, 2.75) is 52.4 Å². The Morgan fingerprint density at radius 1 is 0.926 bits per heavy atom. The van der Waals surface area contributed by atoms with E-state index in [1.54, 1.807) is 0 Å². The van der Waals surface area contributed by atoms with Gasteiger partial charge in [0.2, 0.25) is 0 Å². The van der Waals surface area contributed by atoms with Crippen LogP contribution in [0.15, 0.2) is 60.2 Å². The summed E-state index contributed by atoms with van der Waals surface area (Å²) in [6.07, 6.45) is 9.49. The molecule has 1 aliphatic rings. The average Bonchev–Trinajstić information content (AvgIpc) is 2.74. The number of hydrogen-bond donors (Lipinski definition) is 0. The van der Waals surface area contributed by atoms with E-state index in [1.165, 1.54) is 36.0 Å². The van der Waals surface area contributed by atoms with Crippen molar-refractivity contribution in [3.63, 3.8) is 0 Å². The van der Waals surface area contributed by atoms with Crippen molar-refractivity contribution in [3.05, 3.63) is 65.7 Å². The third-order valence-corrected chi connectivity index (χ3v) is 5.30. The van der Waals surface area contributed by atoms with Crippen molar-refractivity contribution in [2.24, 2.45) is 5.92 Å². The number of benzene rings is 2. The van der Waals surface area contributed by atoms with Gasteiger partial charge < -0.3 is 4.74 Å². The van der Waals surface area contributed by atoms with Gasteiger partial charge >= 0.3 is 0 Å². The van der Waals surface area contributed by atoms with Crippen LogP contribution in [0.1, 0.15) is 57.9 Å². The normalized spacial score (nSPS) is 16.2. The fraction of sp³-hybridized carbons (Fsp3) is 0.385. The second-order valence-electron chi connectivity index (χ2n) is 7.33. The van der Waals surface area contributed by atoms with Crippen molar-refractivity contribution < 1.29 is 4.74 Å². The minimum absolute atomic E-state index is 0.790. The van der Waals surface area contributed by atoms with Gasteiger partial charge in [-0.15, -0.1) is 0 Å². The van der Waals surface area contributed by atoms with Gasteiger partial charge in [0, 0.05) is 5.56 Å². The number of hydrogen-bond acceptors (Lipinski definition) is 1. The SMILES string of the molecule is CCCCOc1ccc(-c2ccc(C#CC3=CCC(CC)CC3)cc2)cc1. The lowest BCUT2D eigenvalue weighted by atomic mass is 9.88. The van der Waals surface area contributed by atoms with E-state index in [4.69, 9.17) is 4.74 Å². The topological polar surface area (TPSA) is 9.23 Å². The Kier molecular flexibility index (Phi) is 7.17. The van der Waals surface area contributed by atoms with Gasteiger partial charge in [-0.1, -0.05) is 68.9 Å². The largest absolute Gasteiger partial charge is 0.494 e. The zero-order valence-electron chi connectivity index (χ0n) is 16.6. The van der Waals surface area contributed by atoms with Gasteiger partial charge in [-0.2, -0.15) is 0 Å². The standard InChI is InChI=1S/C26H30O/c1-3-5-20-27-26-18-16-25(17-19-26)24-14-12-23(13-15-24)11-10-22-8-6-21(4-2)7-9-22/h8,12-19,21H,3-7,9,20H2,1-2H3. The van der Waals surface area contributed by atoms with Crippen molar-refractivity contribution >= 4 is 0 Å². The Labute approximate surface area is 164 Å². The number of rotatable bonds is 6. The van der Waals surface area contributed by atoms with Gasteiger partial charge in [0.1, 0.15) is 5.75 Å². The Hall–Kier alpha value is -2.46. The zero-order chi connectivity index (χ0) is 18.9. The Balaban J connectivity index is 1.61. The van der Waals surface area contributed by atoms with Crippen molar-refractivity contribution in [1.29, 1.82) is 0 Å². The lowest BCUT2D eigenvalue weighted by Gasteiger charge is -2.17. The highest BCUT2D eigenvalue weighted by Crippen LogP contribution is 2.26. The fourth-order valence-electron chi connectivity index (χ4n) is 3.35. The summed E-state index contributed by atoms with van der Waals surface area (Å²) in [7, 11) is 0. The van der Waals surface area contributed by atoms with Crippen LogP contribution in [0.4, 0.5) is 0 Å². The third kappa shape index (κ3) is 5.76. The molecule has 0 aromatic heterocycles. The van der Waals surface area contributed by atoms with Crippen LogP contribution in [0.5, 0.6) is 5.75 Å². The molecule has 0 bridgehead atoms. The number of allylic oxidation sites excluding steroid dienone is 2. The van der Waals surface area contributed by atoms with E-state index >= 15 is 0 Å². The van der Waals surface area contributed by atoms with E-state index in [0.29, 0.717) is 0 Å². The predicted octanol–water partition coefficient (Wildman–Crippen LogP) is 7.02. The second kappa shape index (κ2) is 10.0. The molecule has 1 atom stereocenters. The Morgan fingerprint density at radius 3 is 2.22 bits per heavy atom. The van der Waals surface area contributed by atoms with E-state index < -0.39 is 0 Å². The quantitative estimate of drug-likeness (QED) is 0.398. The molecule has 0 heterocycles. The smallest absolute Gasteiger partial charge is 0.119 e. The molecule has 1 unspecified atom stereocenters. The first-order valence-electron chi connectivity index (χ1n) is 10.3. The molecule has 0 aliphatic heterocycles. The van der Waals surface area contributed by atoms with Gasteiger partial charge in [0.05, 0.1) is 6.61 Å². The molecule has 0 saturated heterocycles. The molecule has 2 aromatic carbocycles. The highest BCUT2D eigenvalue weighted by molar-refractivity contribution is 5.65. The van der Waals surface area contributed by atoms with Crippen LogP contribution in [0.25, 0.3) is 11.1 Å². The molecule has 0 radical (unpaired) electrons. The van der Waals surface area contributed by atoms with Gasteiger partial charge in [-0.05, 0) is 72.6 Å². The van der Waals surface area contributed by atoms with Crippen LogP contribution in [0.2, 0.25) is 0 Å². The summed E-state index contributed by atoms with van der Waals surface area (Å²) in [6, 6.07) is 16.9. The predicted molar refractivity (Wildman–Crippen MR) is 115 cm³/mol. The first-order valence-corrected chi connectivity index (χ1v) is 10.3. The first kappa shape index (κ1) is 19.3. The molecule has 0 N–H and O–H groups in total. The van der Waals surface area contributed by atoms with Crippen LogP contribution in [0.3, 0.4) is 0 Å². The maximum Gasteiger partial charge on any atom is 0.119 e. The molecule has 1 aliphatic carbocycles. The molecule has 0 fully saturated rings. The van der Waals surface area contributed by atoms with E-state index in [0.717, 1.165) is 43.1 Å². The lowest BCUT2D eigenvalue weighted by Crippen LogP contribution is -2.03. The van der Waals surface area contributed by atoms with Crippen LogP contribution in [0, 0.1) is 17.8 Å².